The quantitative estimate of drug-likeness (QED) is 0.925. The lowest BCUT2D eigenvalue weighted by Crippen LogP contribution is -2.33. The lowest BCUT2D eigenvalue weighted by molar-refractivity contribution is 0.0947. The second kappa shape index (κ2) is 5.78. The molecule has 0 saturated heterocycles. The summed E-state index contributed by atoms with van der Waals surface area (Å²) in [5.41, 5.74) is 0. The molecule has 0 aliphatic heterocycles. The van der Waals surface area contributed by atoms with Gasteiger partial charge in [0.2, 0.25) is 0 Å². The fourth-order valence-electron chi connectivity index (χ4n) is 1.04. The van der Waals surface area contributed by atoms with E-state index in [2.05, 4.69) is 21.2 Å². The Morgan fingerprint density at radius 1 is 1.79 bits per heavy atom. The molecule has 14 heavy (non-hydrogen) atoms. The van der Waals surface area contributed by atoms with Crippen LogP contribution >= 0.6 is 39.0 Å². The van der Waals surface area contributed by atoms with E-state index in [0.29, 0.717) is 0 Å². The lowest BCUT2D eigenvalue weighted by atomic mass is 10.3. The molecular formula is C9H12BrNOS2. The first-order valence-electron chi connectivity index (χ1n) is 4.18. The van der Waals surface area contributed by atoms with E-state index in [1.165, 1.54) is 11.3 Å². The number of carbonyl (C=O) groups is 1. The van der Waals surface area contributed by atoms with Gasteiger partial charge in [0, 0.05) is 16.3 Å². The highest BCUT2D eigenvalue weighted by Crippen LogP contribution is 2.22. The Balaban J connectivity index is 2.55. The number of thioether (sulfide) groups is 1. The minimum Gasteiger partial charge on any atom is -0.348 e. The van der Waals surface area contributed by atoms with Gasteiger partial charge >= 0.3 is 0 Å². The van der Waals surface area contributed by atoms with Gasteiger partial charge in [0.15, 0.2) is 0 Å². The normalized spacial score (nSPS) is 12.5. The zero-order chi connectivity index (χ0) is 10.6. The van der Waals surface area contributed by atoms with Crippen LogP contribution in [0, 0.1) is 0 Å². The molecule has 0 aliphatic rings. The van der Waals surface area contributed by atoms with E-state index in [1.54, 1.807) is 11.8 Å². The third-order valence-electron chi connectivity index (χ3n) is 1.62. The summed E-state index contributed by atoms with van der Waals surface area (Å²) in [5.74, 6) is 0.947. The second-order valence-corrected chi connectivity index (χ2v) is 5.61. The molecule has 1 aromatic heterocycles. The van der Waals surface area contributed by atoms with Crippen LogP contribution in [-0.2, 0) is 0 Å². The Hall–Kier alpha value is -0.000000000000000111. The highest BCUT2D eigenvalue weighted by atomic mass is 79.9. The molecule has 1 unspecified atom stereocenters. The van der Waals surface area contributed by atoms with E-state index in [4.69, 9.17) is 0 Å². The molecule has 0 aliphatic carbocycles. The molecule has 1 amide bonds. The lowest BCUT2D eigenvalue weighted by Gasteiger charge is -2.11. The van der Waals surface area contributed by atoms with Crippen LogP contribution in [0.1, 0.15) is 16.6 Å². The van der Waals surface area contributed by atoms with Crippen LogP contribution in [0.15, 0.2) is 15.9 Å². The molecule has 1 heterocycles. The number of nitrogens with one attached hydrogen (secondary N) is 1. The van der Waals surface area contributed by atoms with Gasteiger partial charge in [0.1, 0.15) is 4.88 Å². The molecule has 0 bridgehead atoms. The van der Waals surface area contributed by atoms with Crippen LogP contribution in [0.4, 0.5) is 0 Å². The van der Waals surface area contributed by atoms with Crippen molar-refractivity contribution < 1.29 is 4.79 Å². The zero-order valence-corrected chi connectivity index (χ0v) is 11.3. The standard InChI is InChI=1S/C9H12BrNOS2/c1-6(5-13-2)11-9(12)8-7(10)3-4-14-8/h3-4,6H,5H2,1-2H3,(H,11,12). The largest absolute Gasteiger partial charge is 0.348 e. The van der Waals surface area contributed by atoms with Gasteiger partial charge in [-0.05, 0) is 40.6 Å². The van der Waals surface area contributed by atoms with Gasteiger partial charge < -0.3 is 5.32 Å². The molecule has 5 heteroatoms. The molecule has 0 fully saturated rings. The molecule has 1 atom stereocenters. The molecule has 0 spiro atoms. The van der Waals surface area contributed by atoms with Crippen molar-refractivity contribution in [3.05, 3.63) is 20.8 Å². The van der Waals surface area contributed by atoms with Crippen molar-refractivity contribution in [2.45, 2.75) is 13.0 Å². The summed E-state index contributed by atoms with van der Waals surface area (Å²) in [6.07, 6.45) is 2.03. The average Bonchev–Trinajstić information content (AvgIpc) is 2.51. The molecule has 2 nitrogen and oxygen atoms in total. The number of amides is 1. The maximum absolute atomic E-state index is 11.7. The molecule has 78 valence electrons. The van der Waals surface area contributed by atoms with E-state index in [9.17, 15) is 4.79 Å². The number of carbonyl (C=O) groups excluding carboxylic acids is 1. The van der Waals surface area contributed by atoms with E-state index >= 15 is 0 Å². The average molecular weight is 294 g/mol. The number of rotatable bonds is 4. The minimum atomic E-state index is 0.00780. The minimum absolute atomic E-state index is 0.00780. The molecule has 0 aromatic carbocycles. The highest BCUT2D eigenvalue weighted by molar-refractivity contribution is 9.10. The van der Waals surface area contributed by atoms with Gasteiger partial charge in [0.25, 0.3) is 5.91 Å². The summed E-state index contributed by atoms with van der Waals surface area (Å²) < 4.78 is 0.872. The fraction of sp³-hybridized carbons (Fsp3) is 0.444. The van der Waals surface area contributed by atoms with E-state index < -0.39 is 0 Å². The Labute approximate surface area is 101 Å². The Bertz CT molecular complexity index is 314. The highest BCUT2D eigenvalue weighted by Gasteiger charge is 2.13. The van der Waals surface area contributed by atoms with Crippen LogP contribution in [0.3, 0.4) is 0 Å². The molecule has 1 rings (SSSR count). The van der Waals surface area contributed by atoms with E-state index in [-0.39, 0.29) is 11.9 Å². The van der Waals surface area contributed by atoms with E-state index in [0.717, 1.165) is 15.1 Å². The number of hydrogen-bond acceptors (Lipinski definition) is 3. The van der Waals surface area contributed by atoms with Gasteiger partial charge in [-0.15, -0.1) is 11.3 Å². The SMILES string of the molecule is CSCC(C)NC(=O)c1sccc1Br. The monoisotopic (exact) mass is 293 g/mol. The summed E-state index contributed by atoms with van der Waals surface area (Å²) in [5, 5.41) is 4.85. The van der Waals surface area contributed by atoms with Crippen molar-refractivity contribution in [2.75, 3.05) is 12.0 Å². The molecular weight excluding hydrogens is 282 g/mol. The number of thiophene rings is 1. The topological polar surface area (TPSA) is 29.1 Å². The molecule has 1 aromatic rings. The van der Waals surface area contributed by atoms with Crippen molar-refractivity contribution in [1.29, 1.82) is 0 Å². The van der Waals surface area contributed by atoms with Crippen LogP contribution in [0.2, 0.25) is 0 Å². The second-order valence-electron chi connectivity index (χ2n) is 2.93. The summed E-state index contributed by atoms with van der Waals surface area (Å²) in [7, 11) is 0. The van der Waals surface area contributed by atoms with Gasteiger partial charge in [0.05, 0.1) is 0 Å². The third-order valence-corrected chi connectivity index (χ3v) is 4.29. The van der Waals surface area contributed by atoms with Crippen molar-refractivity contribution in [3.8, 4) is 0 Å². The summed E-state index contributed by atoms with van der Waals surface area (Å²) in [4.78, 5) is 12.4. The van der Waals surface area contributed by atoms with Crippen molar-refractivity contribution in [1.82, 2.24) is 5.32 Å². The summed E-state index contributed by atoms with van der Waals surface area (Å²) in [6.45, 7) is 2.01. The van der Waals surface area contributed by atoms with Gasteiger partial charge in [-0.25, -0.2) is 0 Å². The van der Waals surface area contributed by atoms with Crippen molar-refractivity contribution in [2.24, 2.45) is 0 Å². The maximum atomic E-state index is 11.7. The van der Waals surface area contributed by atoms with Gasteiger partial charge in [-0.3, -0.25) is 4.79 Å². The predicted octanol–water partition coefficient (Wildman–Crippen LogP) is 2.99. The van der Waals surface area contributed by atoms with Gasteiger partial charge in [-0.1, -0.05) is 0 Å². The predicted molar refractivity (Wildman–Crippen MR) is 67.3 cm³/mol. The Morgan fingerprint density at radius 3 is 3.00 bits per heavy atom. The van der Waals surface area contributed by atoms with Crippen LogP contribution in [-0.4, -0.2) is 24.0 Å². The first-order valence-corrected chi connectivity index (χ1v) is 7.24. The first kappa shape index (κ1) is 12.1. The maximum Gasteiger partial charge on any atom is 0.262 e. The smallest absolute Gasteiger partial charge is 0.262 e. The van der Waals surface area contributed by atoms with Crippen molar-refractivity contribution >= 4 is 44.9 Å². The fourth-order valence-corrected chi connectivity index (χ4v) is 3.07. The molecule has 1 N–H and O–H groups in total. The first-order chi connectivity index (χ1) is 6.65. The molecule has 0 saturated carbocycles. The number of hydrogen-bond donors (Lipinski definition) is 1. The van der Waals surface area contributed by atoms with Crippen LogP contribution in [0.25, 0.3) is 0 Å². The van der Waals surface area contributed by atoms with Crippen molar-refractivity contribution in [3.63, 3.8) is 0 Å². The van der Waals surface area contributed by atoms with Gasteiger partial charge in [-0.2, -0.15) is 11.8 Å². The van der Waals surface area contributed by atoms with Crippen LogP contribution < -0.4 is 5.32 Å². The van der Waals surface area contributed by atoms with E-state index in [1.807, 2.05) is 24.6 Å². The third kappa shape index (κ3) is 3.29. The van der Waals surface area contributed by atoms with Crippen LogP contribution in [0.5, 0.6) is 0 Å². The molecule has 0 radical (unpaired) electrons. The Kier molecular flexibility index (Phi) is 4.98. The summed E-state index contributed by atoms with van der Waals surface area (Å²) in [6, 6.07) is 2.10. The summed E-state index contributed by atoms with van der Waals surface area (Å²) >= 11 is 6.52. The Morgan fingerprint density at radius 2 is 2.50 bits per heavy atom. The number of halogens is 1. The zero-order valence-electron chi connectivity index (χ0n) is 8.04.